The molecule has 1 saturated carbocycles. The van der Waals surface area contributed by atoms with Crippen molar-refractivity contribution < 1.29 is 29.0 Å². The van der Waals surface area contributed by atoms with Gasteiger partial charge < -0.3 is 9.84 Å². The number of imide groups is 2. The standard InChI is InChI=1S/C39H28Br3ClN2O6/c1-51-29-18-27(32(41)33(42)34(29)46)31-24-14-15-25-30(37(49)44(35(25)47)22-12-10-20(40)11-13-22)26(24)17-28-36(48)45(23-9-5-8-21(43)16-23)38(50)39(28,31)19-6-3-2-4-7-19/h2-14,16,18,25-26,28,30-31,46H,15,17H2,1H3/t25-,26+,28-,30-,31+,39+/m0/s1. The summed E-state index contributed by atoms with van der Waals surface area (Å²) in [5, 5.41) is 11.4. The zero-order valence-corrected chi connectivity index (χ0v) is 32.4. The molecule has 8 rings (SSSR count). The van der Waals surface area contributed by atoms with E-state index in [1.54, 1.807) is 54.6 Å². The maximum absolute atomic E-state index is 15.5. The molecule has 1 N–H and O–H groups in total. The van der Waals surface area contributed by atoms with Gasteiger partial charge in [0.15, 0.2) is 11.5 Å². The van der Waals surface area contributed by atoms with Crippen molar-refractivity contribution in [1.82, 2.24) is 0 Å². The molecule has 258 valence electrons. The van der Waals surface area contributed by atoms with E-state index in [-0.39, 0.29) is 36.2 Å². The van der Waals surface area contributed by atoms with Crippen molar-refractivity contribution in [3.63, 3.8) is 0 Å². The monoisotopic (exact) mass is 892 g/mol. The minimum absolute atomic E-state index is 0.139. The van der Waals surface area contributed by atoms with Crippen LogP contribution in [0, 0.1) is 23.7 Å². The SMILES string of the molecule is COc1cc([C@H]2C3=CC[C@@H]4C(=O)N(c5ccc(Br)cc5)C(=O)[C@@H]4[C@@H]3C[C@H]3C(=O)N(c4cccc(Cl)c4)C(=O)[C@@]23c2ccccc2)c(Br)c(Br)c1O. The van der Waals surface area contributed by atoms with E-state index >= 15 is 4.79 Å². The van der Waals surface area contributed by atoms with E-state index in [9.17, 15) is 19.5 Å². The van der Waals surface area contributed by atoms with Gasteiger partial charge in [0, 0.05) is 19.9 Å². The highest BCUT2D eigenvalue weighted by Gasteiger charge is 2.70. The Morgan fingerprint density at radius 3 is 2.22 bits per heavy atom. The van der Waals surface area contributed by atoms with Crippen LogP contribution in [-0.2, 0) is 24.6 Å². The highest BCUT2D eigenvalue weighted by Crippen LogP contribution is 2.66. The van der Waals surface area contributed by atoms with Gasteiger partial charge in [-0.25, -0.2) is 4.90 Å². The predicted molar refractivity (Wildman–Crippen MR) is 203 cm³/mol. The Balaban J connectivity index is 1.39. The third kappa shape index (κ3) is 4.95. The lowest BCUT2D eigenvalue weighted by molar-refractivity contribution is -0.127. The van der Waals surface area contributed by atoms with Crippen LogP contribution in [0.2, 0.25) is 5.02 Å². The van der Waals surface area contributed by atoms with Crippen molar-refractivity contribution in [3.05, 3.63) is 126 Å². The Morgan fingerprint density at radius 2 is 1.53 bits per heavy atom. The molecule has 0 bridgehead atoms. The predicted octanol–water partition coefficient (Wildman–Crippen LogP) is 8.71. The molecule has 51 heavy (non-hydrogen) atoms. The van der Waals surface area contributed by atoms with Gasteiger partial charge in [-0.3, -0.25) is 24.1 Å². The molecule has 12 heteroatoms. The third-order valence-corrected chi connectivity index (χ3v) is 13.9. The number of amides is 4. The summed E-state index contributed by atoms with van der Waals surface area (Å²) in [6.45, 7) is 0. The average Bonchev–Trinajstić information content (AvgIpc) is 3.52. The van der Waals surface area contributed by atoms with E-state index in [1.165, 1.54) is 16.9 Å². The van der Waals surface area contributed by atoms with Crippen molar-refractivity contribution in [2.45, 2.75) is 24.2 Å². The van der Waals surface area contributed by atoms with Gasteiger partial charge in [-0.05, 0) is 110 Å². The van der Waals surface area contributed by atoms with Crippen LogP contribution in [0.1, 0.15) is 29.9 Å². The number of phenolic OH excluding ortho intramolecular Hbond substituents is 1. The van der Waals surface area contributed by atoms with Crippen LogP contribution >= 0.6 is 59.4 Å². The van der Waals surface area contributed by atoms with E-state index in [1.807, 2.05) is 36.4 Å². The molecule has 6 atom stereocenters. The second-order valence-electron chi connectivity index (χ2n) is 13.2. The van der Waals surface area contributed by atoms with E-state index in [4.69, 9.17) is 16.3 Å². The van der Waals surface area contributed by atoms with Gasteiger partial charge in [-0.15, -0.1) is 0 Å². The van der Waals surface area contributed by atoms with Gasteiger partial charge in [0.2, 0.25) is 23.6 Å². The largest absolute Gasteiger partial charge is 0.503 e. The Morgan fingerprint density at radius 1 is 0.804 bits per heavy atom. The number of aromatic hydroxyl groups is 1. The van der Waals surface area contributed by atoms with E-state index in [0.29, 0.717) is 36.5 Å². The smallest absolute Gasteiger partial charge is 0.246 e. The summed E-state index contributed by atoms with van der Waals surface area (Å²) in [4.78, 5) is 61.5. The minimum atomic E-state index is -1.49. The lowest BCUT2D eigenvalue weighted by Gasteiger charge is -2.51. The maximum Gasteiger partial charge on any atom is 0.246 e. The van der Waals surface area contributed by atoms with Crippen molar-refractivity contribution in [1.29, 1.82) is 0 Å². The summed E-state index contributed by atoms with van der Waals surface area (Å²) in [6.07, 6.45) is 2.42. The summed E-state index contributed by atoms with van der Waals surface area (Å²) in [5.74, 6) is -5.17. The van der Waals surface area contributed by atoms with Crippen LogP contribution in [0.15, 0.2) is 110 Å². The summed E-state index contributed by atoms with van der Waals surface area (Å²) in [5.41, 5.74) is 1.32. The first-order valence-corrected chi connectivity index (χ1v) is 19.0. The molecule has 0 unspecified atom stereocenters. The highest BCUT2D eigenvalue weighted by molar-refractivity contribution is 9.13. The number of rotatable bonds is 5. The minimum Gasteiger partial charge on any atom is -0.503 e. The topological polar surface area (TPSA) is 104 Å². The molecular formula is C39H28Br3ClN2O6. The van der Waals surface area contributed by atoms with Gasteiger partial charge in [-0.1, -0.05) is 75.6 Å². The van der Waals surface area contributed by atoms with E-state index in [2.05, 4.69) is 47.8 Å². The second kappa shape index (κ2) is 12.7. The number of methoxy groups -OCH3 is 1. The average molecular weight is 896 g/mol. The Hall–Kier alpha value is -3.77. The fourth-order valence-electron chi connectivity index (χ4n) is 8.91. The number of carbonyl (C=O) groups excluding carboxylic acids is 4. The van der Waals surface area contributed by atoms with Gasteiger partial charge in [0.05, 0.1) is 46.1 Å². The van der Waals surface area contributed by atoms with Crippen LogP contribution in [0.5, 0.6) is 11.5 Å². The van der Waals surface area contributed by atoms with Crippen LogP contribution < -0.4 is 14.5 Å². The van der Waals surface area contributed by atoms with Crippen LogP contribution in [0.25, 0.3) is 0 Å². The molecular weight excluding hydrogens is 868 g/mol. The maximum atomic E-state index is 15.5. The van der Waals surface area contributed by atoms with E-state index in [0.717, 1.165) is 10.0 Å². The number of nitrogens with zero attached hydrogens (tertiary/aromatic N) is 2. The number of ether oxygens (including phenoxy) is 1. The number of phenols is 1. The summed E-state index contributed by atoms with van der Waals surface area (Å²) >= 11 is 17.1. The summed E-state index contributed by atoms with van der Waals surface area (Å²) in [6, 6.07) is 24.6. The van der Waals surface area contributed by atoms with Gasteiger partial charge in [0.1, 0.15) is 0 Å². The van der Waals surface area contributed by atoms with Crippen LogP contribution in [0.4, 0.5) is 11.4 Å². The van der Waals surface area contributed by atoms with Crippen LogP contribution in [-0.4, -0.2) is 35.8 Å². The molecule has 2 aliphatic carbocycles. The molecule has 0 aromatic heterocycles. The number of anilines is 2. The number of carbonyl (C=O) groups is 4. The second-order valence-corrected chi connectivity index (χ2v) is 16.2. The van der Waals surface area contributed by atoms with Crippen molar-refractivity contribution in [2.24, 2.45) is 23.7 Å². The molecule has 0 spiro atoms. The molecule has 8 nitrogen and oxygen atoms in total. The number of halogens is 4. The lowest BCUT2D eigenvalue weighted by atomic mass is 9.49. The molecule has 4 aromatic carbocycles. The molecule has 2 saturated heterocycles. The van der Waals surface area contributed by atoms with Crippen molar-refractivity contribution in [3.8, 4) is 11.5 Å². The molecule has 3 fully saturated rings. The molecule has 0 radical (unpaired) electrons. The summed E-state index contributed by atoms with van der Waals surface area (Å²) < 4.78 is 7.21. The molecule has 4 amide bonds. The Bertz CT molecular complexity index is 2200. The zero-order valence-electron chi connectivity index (χ0n) is 26.9. The molecule has 2 aliphatic heterocycles. The number of allylic oxidation sites excluding steroid dienone is 2. The number of hydrogen-bond donors (Lipinski definition) is 1. The van der Waals surface area contributed by atoms with Gasteiger partial charge >= 0.3 is 0 Å². The fraction of sp³-hybridized carbons (Fsp3) is 0.231. The van der Waals surface area contributed by atoms with Gasteiger partial charge in [0.25, 0.3) is 0 Å². The highest BCUT2D eigenvalue weighted by atomic mass is 79.9. The lowest BCUT2D eigenvalue weighted by Crippen LogP contribution is -2.53. The number of benzene rings is 4. The molecule has 2 heterocycles. The quantitative estimate of drug-likeness (QED) is 0.159. The summed E-state index contributed by atoms with van der Waals surface area (Å²) in [7, 11) is 1.44. The Labute approximate surface area is 323 Å². The van der Waals surface area contributed by atoms with Crippen LogP contribution in [0.3, 0.4) is 0 Å². The zero-order chi connectivity index (χ0) is 35.9. The fourth-order valence-corrected chi connectivity index (χ4v) is 10.3. The third-order valence-electron chi connectivity index (χ3n) is 11.0. The first-order valence-electron chi connectivity index (χ1n) is 16.3. The first-order chi connectivity index (χ1) is 24.5. The van der Waals surface area contributed by atoms with Gasteiger partial charge in [-0.2, -0.15) is 0 Å². The van der Waals surface area contributed by atoms with E-state index < -0.39 is 46.8 Å². The molecule has 4 aliphatic rings. The normalized spacial score (nSPS) is 26.9. The number of fused-ring (bicyclic) bond motifs is 4. The van der Waals surface area contributed by atoms with Crippen molar-refractivity contribution in [2.75, 3.05) is 16.9 Å². The Kier molecular flexibility index (Phi) is 8.56. The number of hydrogen-bond acceptors (Lipinski definition) is 6. The van der Waals surface area contributed by atoms with Crippen molar-refractivity contribution >= 4 is 94.4 Å². The molecule has 4 aromatic rings. The first kappa shape index (κ1) is 34.3.